The fourth-order valence-electron chi connectivity index (χ4n) is 2.82. The van der Waals surface area contributed by atoms with Crippen LogP contribution in [-0.4, -0.2) is 21.9 Å². The number of alkyl halides is 3. The van der Waals surface area contributed by atoms with Crippen molar-refractivity contribution in [2.24, 2.45) is 0 Å². The van der Waals surface area contributed by atoms with Gasteiger partial charge in [-0.25, -0.2) is 0 Å². The van der Waals surface area contributed by atoms with Crippen LogP contribution >= 0.6 is 0 Å². The molecule has 0 N–H and O–H groups in total. The lowest BCUT2D eigenvalue weighted by Gasteiger charge is -2.35. The molecule has 0 saturated carbocycles. The molecule has 2 heterocycles. The monoisotopic (exact) mass is 308 g/mol. The van der Waals surface area contributed by atoms with E-state index in [-0.39, 0.29) is 17.5 Å². The van der Waals surface area contributed by atoms with Crippen LogP contribution in [0.4, 0.5) is 13.2 Å². The van der Waals surface area contributed by atoms with Gasteiger partial charge < -0.3 is 9.47 Å². The number of carbonyl (C=O) groups is 1. The lowest BCUT2D eigenvalue weighted by atomic mass is 10.1. The average molecular weight is 308 g/mol. The molecule has 0 spiro atoms. The molecule has 1 aliphatic rings. The van der Waals surface area contributed by atoms with Gasteiger partial charge in [0, 0.05) is 30.5 Å². The van der Waals surface area contributed by atoms with Crippen LogP contribution in [0, 0.1) is 0 Å². The highest BCUT2D eigenvalue weighted by atomic mass is 19.4. The van der Waals surface area contributed by atoms with Gasteiger partial charge in [-0.3, -0.25) is 4.79 Å². The molecular weight excluding hydrogens is 293 g/mol. The lowest BCUT2D eigenvalue weighted by molar-refractivity contribution is -0.137. The molecule has 1 aromatic carbocycles. The Balaban J connectivity index is 1.83. The molecule has 22 heavy (non-hydrogen) atoms. The molecule has 3 nitrogen and oxygen atoms in total. The fourth-order valence-corrected chi connectivity index (χ4v) is 2.82. The number of hydrogen-bond donors (Lipinski definition) is 0. The minimum Gasteiger partial charge on any atom is -0.348 e. The van der Waals surface area contributed by atoms with E-state index in [1.165, 1.54) is 12.1 Å². The highest BCUT2D eigenvalue weighted by Crippen LogP contribution is 2.30. The Morgan fingerprint density at radius 2 is 1.82 bits per heavy atom. The second-order valence-electron chi connectivity index (χ2n) is 5.38. The Morgan fingerprint density at radius 3 is 2.45 bits per heavy atom. The maximum atomic E-state index is 12.6. The first-order chi connectivity index (χ1) is 10.4. The first kappa shape index (κ1) is 14.7. The van der Waals surface area contributed by atoms with Gasteiger partial charge in [0.1, 0.15) is 0 Å². The van der Waals surface area contributed by atoms with E-state index in [2.05, 4.69) is 4.57 Å². The van der Waals surface area contributed by atoms with Crippen LogP contribution in [-0.2, 0) is 12.7 Å². The smallest absolute Gasteiger partial charge is 0.348 e. The molecule has 1 atom stereocenters. The predicted octanol–water partition coefficient (Wildman–Crippen LogP) is 3.72. The third-order valence-electron chi connectivity index (χ3n) is 4.06. The zero-order valence-corrected chi connectivity index (χ0v) is 12.0. The number of rotatable bonds is 1. The molecule has 1 unspecified atom stereocenters. The van der Waals surface area contributed by atoms with Crippen LogP contribution in [0.5, 0.6) is 0 Å². The van der Waals surface area contributed by atoms with Crippen LogP contribution in [0.15, 0.2) is 42.6 Å². The minimum absolute atomic E-state index is 0.0986. The van der Waals surface area contributed by atoms with E-state index >= 15 is 0 Å². The standard InChI is InChI=1S/C16H15F3N2O/c1-11-14-3-2-8-20(14)9-10-21(11)15(22)12-4-6-13(7-5-12)16(17,18)19/h2-8,11H,9-10H2,1H3. The van der Waals surface area contributed by atoms with Gasteiger partial charge in [-0.1, -0.05) is 0 Å². The van der Waals surface area contributed by atoms with Crippen LogP contribution in [0.3, 0.4) is 0 Å². The molecular formula is C16H15F3N2O. The molecule has 1 aliphatic heterocycles. The average Bonchev–Trinajstić information content (AvgIpc) is 2.96. The first-order valence-corrected chi connectivity index (χ1v) is 7.01. The fraction of sp³-hybridized carbons (Fsp3) is 0.312. The van der Waals surface area contributed by atoms with Gasteiger partial charge in [-0.2, -0.15) is 13.2 Å². The first-order valence-electron chi connectivity index (χ1n) is 7.01. The zero-order valence-electron chi connectivity index (χ0n) is 12.0. The minimum atomic E-state index is -4.39. The number of hydrogen-bond acceptors (Lipinski definition) is 1. The zero-order chi connectivity index (χ0) is 15.9. The number of carbonyl (C=O) groups excluding carboxylic acids is 1. The Kier molecular flexibility index (Phi) is 3.47. The molecule has 0 aliphatic carbocycles. The van der Waals surface area contributed by atoms with Crippen molar-refractivity contribution in [3.05, 3.63) is 59.4 Å². The summed E-state index contributed by atoms with van der Waals surface area (Å²) in [7, 11) is 0. The summed E-state index contributed by atoms with van der Waals surface area (Å²) in [4.78, 5) is 14.2. The van der Waals surface area contributed by atoms with Crippen LogP contribution in [0.1, 0.15) is 34.6 Å². The van der Waals surface area contributed by atoms with Gasteiger partial charge in [-0.15, -0.1) is 0 Å². The number of benzene rings is 1. The van der Waals surface area contributed by atoms with Crippen molar-refractivity contribution in [3.8, 4) is 0 Å². The topological polar surface area (TPSA) is 25.2 Å². The second kappa shape index (κ2) is 5.19. The summed E-state index contributed by atoms with van der Waals surface area (Å²) in [6.07, 6.45) is -2.42. The van der Waals surface area contributed by atoms with Crippen molar-refractivity contribution < 1.29 is 18.0 Å². The predicted molar refractivity (Wildman–Crippen MR) is 75.3 cm³/mol. The quantitative estimate of drug-likeness (QED) is 0.788. The second-order valence-corrected chi connectivity index (χ2v) is 5.38. The summed E-state index contributed by atoms with van der Waals surface area (Å²) >= 11 is 0. The Morgan fingerprint density at radius 1 is 1.14 bits per heavy atom. The van der Waals surface area contributed by atoms with Crippen molar-refractivity contribution >= 4 is 5.91 Å². The van der Waals surface area contributed by atoms with Gasteiger partial charge in [0.15, 0.2) is 0 Å². The van der Waals surface area contributed by atoms with E-state index in [4.69, 9.17) is 0 Å². The van der Waals surface area contributed by atoms with Crippen LogP contribution < -0.4 is 0 Å². The van der Waals surface area contributed by atoms with Crippen molar-refractivity contribution in [2.75, 3.05) is 6.54 Å². The van der Waals surface area contributed by atoms with E-state index < -0.39 is 11.7 Å². The molecule has 116 valence electrons. The maximum Gasteiger partial charge on any atom is 0.416 e. The van der Waals surface area contributed by atoms with E-state index in [1.54, 1.807) is 4.90 Å². The molecule has 0 radical (unpaired) electrons. The van der Waals surface area contributed by atoms with Crippen molar-refractivity contribution in [1.29, 1.82) is 0 Å². The number of nitrogens with zero attached hydrogens (tertiary/aromatic N) is 2. The number of halogens is 3. The normalized spacial score (nSPS) is 18.2. The van der Waals surface area contributed by atoms with E-state index in [9.17, 15) is 18.0 Å². The third kappa shape index (κ3) is 2.49. The number of fused-ring (bicyclic) bond motifs is 1. The molecule has 3 rings (SSSR count). The summed E-state index contributed by atoms with van der Waals surface area (Å²) in [5, 5.41) is 0. The summed E-state index contributed by atoms with van der Waals surface area (Å²) in [5.41, 5.74) is 0.566. The molecule has 6 heteroatoms. The van der Waals surface area contributed by atoms with Gasteiger partial charge in [0.25, 0.3) is 5.91 Å². The van der Waals surface area contributed by atoms with E-state index in [0.717, 1.165) is 17.8 Å². The summed E-state index contributed by atoms with van der Waals surface area (Å²) in [6.45, 7) is 3.16. The summed E-state index contributed by atoms with van der Waals surface area (Å²) < 4.78 is 39.8. The van der Waals surface area contributed by atoms with Gasteiger partial charge in [-0.05, 0) is 43.3 Å². The van der Waals surface area contributed by atoms with Crippen molar-refractivity contribution in [3.63, 3.8) is 0 Å². The Hall–Kier alpha value is -2.24. The van der Waals surface area contributed by atoms with E-state index in [0.29, 0.717) is 13.1 Å². The summed E-state index contributed by atoms with van der Waals surface area (Å²) in [6, 6.07) is 8.17. The number of amides is 1. The maximum absolute atomic E-state index is 12.6. The van der Waals surface area contributed by atoms with E-state index in [1.807, 2.05) is 25.3 Å². The highest BCUT2D eigenvalue weighted by Gasteiger charge is 2.31. The van der Waals surface area contributed by atoms with Gasteiger partial charge in [0.05, 0.1) is 11.6 Å². The summed E-state index contributed by atoms with van der Waals surface area (Å²) in [5.74, 6) is -0.242. The van der Waals surface area contributed by atoms with Crippen molar-refractivity contribution in [2.45, 2.75) is 25.7 Å². The SMILES string of the molecule is CC1c2cccn2CCN1C(=O)c1ccc(C(F)(F)F)cc1. The lowest BCUT2D eigenvalue weighted by Crippen LogP contribution is -2.40. The van der Waals surface area contributed by atoms with Gasteiger partial charge in [0.2, 0.25) is 0 Å². The Labute approximate surface area is 126 Å². The van der Waals surface area contributed by atoms with Gasteiger partial charge >= 0.3 is 6.18 Å². The number of aromatic nitrogens is 1. The van der Waals surface area contributed by atoms with Crippen LogP contribution in [0.25, 0.3) is 0 Å². The van der Waals surface area contributed by atoms with Crippen molar-refractivity contribution in [1.82, 2.24) is 9.47 Å². The van der Waals surface area contributed by atoms with Crippen LogP contribution in [0.2, 0.25) is 0 Å². The largest absolute Gasteiger partial charge is 0.416 e. The molecule has 0 fully saturated rings. The Bertz CT molecular complexity index is 688. The highest BCUT2D eigenvalue weighted by molar-refractivity contribution is 5.94. The molecule has 1 aromatic heterocycles. The molecule has 2 aromatic rings. The third-order valence-corrected chi connectivity index (χ3v) is 4.06. The molecule has 1 amide bonds. The molecule has 0 bridgehead atoms. The molecule has 0 saturated heterocycles.